The molecule has 6 N–H and O–H groups in total. The number of likely N-dealkylation sites (N-methyl/N-ethyl adjacent to an activating group) is 1. The molecule has 32 heavy (non-hydrogen) atoms. The third-order valence-corrected chi connectivity index (χ3v) is 6.62. The molecule has 3 aliphatic carbocycles. The number of anilines is 1. The summed E-state index contributed by atoms with van der Waals surface area (Å²) in [6.07, 6.45) is 1.81. The van der Waals surface area contributed by atoms with Gasteiger partial charge in [0.25, 0.3) is 5.91 Å². The van der Waals surface area contributed by atoms with Crippen molar-refractivity contribution in [3.63, 3.8) is 0 Å². The molecule has 0 saturated heterocycles. The number of aliphatic hydroxyl groups is 2. The fourth-order valence-corrected chi connectivity index (χ4v) is 5.40. The number of nitrogens with zero attached hydrogens (tertiary/aromatic N) is 2. The molecule has 0 bridgehead atoms. The monoisotopic (exact) mass is 442 g/mol. The average molecular weight is 442 g/mol. The van der Waals surface area contributed by atoms with Crippen LogP contribution in [-0.4, -0.2) is 64.5 Å². The van der Waals surface area contributed by atoms with Crippen LogP contribution in [0.5, 0.6) is 5.75 Å². The van der Waals surface area contributed by atoms with Crippen LogP contribution < -0.4 is 16.0 Å². The molecule has 0 radical (unpaired) electrons. The first kappa shape index (κ1) is 21.8. The number of allylic oxidation sites excluding steroid dienone is 2. The van der Waals surface area contributed by atoms with Crippen LogP contribution in [0.4, 0.5) is 5.82 Å². The number of nitrogens with two attached hydrogens (primary N) is 1. The van der Waals surface area contributed by atoms with Gasteiger partial charge in [-0.25, -0.2) is 4.98 Å². The van der Waals surface area contributed by atoms with Crippen molar-refractivity contribution in [2.45, 2.75) is 25.8 Å². The van der Waals surface area contributed by atoms with Gasteiger partial charge in [0.05, 0.1) is 23.7 Å². The van der Waals surface area contributed by atoms with E-state index in [2.05, 4.69) is 10.3 Å². The summed E-state index contributed by atoms with van der Waals surface area (Å²) in [5.74, 6) is -5.30. The van der Waals surface area contributed by atoms with E-state index in [0.29, 0.717) is 30.8 Å². The maximum absolute atomic E-state index is 13.4. The van der Waals surface area contributed by atoms with Crippen molar-refractivity contribution in [2.24, 2.45) is 23.5 Å². The summed E-state index contributed by atoms with van der Waals surface area (Å²) < 4.78 is 0. The molecule has 0 aliphatic heterocycles. The van der Waals surface area contributed by atoms with E-state index in [1.54, 1.807) is 19.0 Å². The Morgan fingerprint density at radius 3 is 2.53 bits per heavy atom. The third kappa shape index (κ3) is 2.97. The molecule has 3 aliphatic rings. The van der Waals surface area contributed by atoms with Crippen LogP contribution in [0.25, 0.3) is 0 Å². The van der Waals surface area contributed by atoms with Gasteiger partial charge in [0, 0.05) is 25.2 Å². The zero-order valence-electron chi connectivity index (χ0n) is 18.0. The summed E-state index contributed by atoms with van der Waals surface area (Å²) in [5.41, 5.74) is 5.46. The van der Waals surface area contributed by atoms with E-state index < -0.39 is 58.4 Å². The number of Topliss-reactive ketones (excluding diaryl/α,β-unsaturated/α-hetero) is 2. The SMILES string of the molecule is CCN[C@@H]1C(O)=C(C(N)=O)C(=O)C2C(O)=C3C(=O)c4c(O)cnc(N(C)C)c4CC3CC21. The molecule has 0 fully saturated rings. The Balaban J connectivity index is 1.90. The van der Waals surface area contributed by atoms with E-state index in [9.17, 15) is 29.7 Å². The molecule has 0 aromatic carbocycles. The Morgan fingerprint density at radius 1 is 1.25 bits per heavy atom. The summed E-state index contributed by atoms with van der Waals surface area (Å²) in [6, 6.07) is -0.777. The number of rotatable bonds is 4. The molecule has 10 heteroatoms. The van der Waals surface area contributed by atoms with Gasteiger partial charge in [-0.05, 0) is 31.2 Å². The maximum Gasteiger partial charge on any atom is 0.255 e. The Morgan fingerprint density at radius 2 is 1.94 bits per heavy atom. The van der Waals surface area contributed by atoms with Gasteiger partial charge in [0.15, 0.2) is 11.6 Å². The van der Waals surface area contributed by atoms with Crippen LogP contribution in [0.3, 0.4) is 0 Å². The van der Waals surface area contributed by atoms with Crippen LogP contribution in [0.2, 0.25) is 0 Å². The molecular weight excluding hydrogens is 416 g/mol. The molecule has 170 valence electrons. The molecule has 1 aromatic heterocycles. The van der Waals surface area contributed by atoms with Crippen molar-refractivity contribution in [3.8, 4) is 5.75 Å². The van der Waals surface area contributed by atoms with Crippen molar-refractivity contribution in [2.75, 3.05) is 25.5 Å². The summed E-state index contributed by atoms with van der Waals surface area (Å²) in [4.78, 5) is 44.4. The number of carbonyl (C=O) groups is 3. The van der Waals surface area contributed by atoms with Gasteiger partial charge in [-0.2, -0.15) is 0 Å². The van der Waals surface area contributed by atoms with Gasteiger partial charge in [0.1, 0.15) is 28.7 Å². The lowest BCUT2D eigenvalue weighted by atomic mass is 9.61. The Kier molecular flexibility index (Phi) is 5.20. The minimum Gasteiger partial charge on any atom is -0.511 e. The number of hydrogen-bond acceptors (Lipinski definition) is 9. The van der Waals surface area contributed by atoms with Crippen LogP contribution in [0.15, 0.2) is 28.9 Å². The van der Waals surface area contributed by atoms with Crippen LogP contribution >= 0.6 is 0 Å². The zero-order valence-corrected chi connectivity index (χ0v) is 18.0. The number of amides is 1. The molecule has 1 amide bonds. The number of carbonyl (C=O) groups excluding carboxylic acids is 3. The largest absolute Gasteiger partial charge is 0.511 e. The predicted octanol–water partition coefficient (Wildman–Crippen LogP) is 0.515. The zero-order chi connectivity index (χ0) is 23.5. The topological polar surface area (TPSA) is 166 Å². The summed E-state index contributed by atoms with van der Waals surface area (Å²) in [5, 5.41) is 35.3. The molecular formula is C22H26N4O6. The van der Waals surface area contributed by atoms with Gasteiger partial charge in [0.2, 0.25) is 0 Å². The van der Waals surface area contributed by atoms with Crippen molar-refractivity contribution in [3.05, 3.63) is 40.0 Å². The second-order valence-electron chi connectivity index (χ2n) is 8.65. The van der Waals surface area contributed by atoms with E-state index >= 15 is 0 Å². The van der Waals surface area contributed by atoms with Crippen LogP contribution in [0, 0.1) is 17.8 Å². The quantitative estimate of drug-likeness (QED) is 0.418. The van der Waals surface area contributed by atoms with E-state index in [0.717, 1.165) is 0 Å². The number of pyridine rings is 1. The first-order chi connectivity index (χ1) is 15.1. The number of ketones is 2. The van der Waals surface area contributed by atoms with Crippen molar-refractivity contribution in [1.29, 1.82) is 0 Å². The van der Waals surface area contributed by atoms with E-state index in [1.807, 2.05) is 6.92 Å². The minimum absolute atomic E-state index is 0.0544. The number of fused-ring (bicyclic) bond motifs is 3. The number of hydrogen-bond donors (Lipinski definition) is 5. The lowest BCUT2D eigenvalue weighted by Gasteiger charge is -2.44. The molecule has 1 heterocycles. The van der Waals surface area contributed by atoms with E-state index in [4.69, 9.17) is 5.73 Å². The van der Waals surface area contributed by atoms with Gasteiger partial charge >= 0.3 is 0 Å². The summed E-state index contributed by atoms with van der Waals surface area (Å²) in [6.45, 7) is 2.25. The van der Waals surface area contributed by atoms with Gasteiger partial charge < -0.3 is 31.3 Å². The smallest absolute Gasteiger partial charge is 0.255 e. The van der Waals surface area contributed by atoms with Crippen LogP contribution in [-0.2, 0) is 16.0 Å². The first-order valence-corrected chi connectivity index (χ1v) is 10.5. The Labute approximate surface area is 184 Å². The van der Waals surface area contributed by atoms with E-state index in [1.165, 1.54) is 6.20 Å². The molecule has 4 rings (SSSR count). The summed E-state index contributed by atoms with van der Waals surface area (Å²) >= 11 is 0. The average Bonchev–Trinajstić information content (AvgIpc) is 2.70. The molecule has 0 spiro atoms. The van der Waals surface area contributed by atoms with Crippen molar-refractivity contribution >= 4 is 23.3 Å². The third-order valence-electron chi connectivity index (χ3n) is 6.62. The highest BCUT2D eigenvalue weighted by molar-refractivity contribution is 6.22. The second kappa shape index (κ2) is 7.63. The second-order valence-corrected chi connectivity index (χ2v) is 8.65. The summed E-state index contributed by atoms with van der Waals surface area (Å²) in [7, 11) is 3.55. The van der Waals surface area contributed by atoms with Crippen LogP contribution in [0.1, 0.15) is 29.3 Å². The van der Waals surface area contributed by atoms with Crippen molar-refractivity contribution in [1.82, 2.24) is 10.3 Å². The Bertz CT molecular complexity index is 1110. The standard InChI is InChI=1S/C22H26N4O6/c1-4-24-16-9-5-8-6-10-13(11(27)7-25-22(10)26(2)3)17(28)12(8)18(29)14(9)19(30)15(20(16)31)21(23)32/h7-9,14,16,24,27,29,31H,4-6H2,1-3H3,(H2,23,32)/t8?,9?,14?,16-/m0/s1. The molecule has 3 unspecified atom stereocenters. The fraction of sp³-hybridized carbons (Fsp3) is 0.455. The number of aliphatic hydroxyl groups excluding tert-OH is 2. The van der Waals surface area contributed by atoms with Gasteiger partial charge in [-0.3, -0.25) is 14.4 Å². The highest BCUT2D eigenvalue weighted by Crippen LogP contribution is 2.50. The lowest BCUT2D eigenvalue weighted by molar-refractivity contribution is -0.126. The highest BCUT2D eigenvalue weighted by Gasteiger charge is 2.53. The number of nitrogens with one attached hydrogen (secondary N) is 1. The number of aromatic nitrogens is 1. The fourth-order valence-electron chi connectivity index (χ4n) is 5.40. The van der Waals surface area contributed by atoms with Gasteiger partial charge in [-0.15, -0.1) is 0 Å². The first-order valence-electron chi connectivity index (χ1n) is 10.5. The normalized spacial score (nSPS) is 27.1. The molecule has 10 nitrogen and oxygen atoms in total. The lowest BCUT2D eigenvalue weighted by Crippen LogP contribution is -2.53. The predicted molar refractivity (Wildman–Crippen MR) is 114 cm³/mol. The van der Waals surface area contributed by atoms with Crippen molar-refractivity contribution < 1.29 is 29.7 Å². The molecule has 1 aromatic rings. The van der Waals surface area contributed by atoms with Gasteiger partial charge in [-0.1, -0.05) is 6.92 Å². The maximum atomic E-state index is 13.4. The minimum atomic E-state index is -1.19. The molecule has 0 saturated carbocycles. The Hall–Kier alpha value is -3.40. The molecule has 4 atom stereocenters. The van der Waals surface area contributed by atoms with E-state index in [-0.39, 0.29) is 16.9 Å². The number of primary amides is 1. The highest BCUT2D eigenvalue weighted by atomic mass is 16.3. The number of aromatic hydroxyl groups is 1.